The van der Waals surface area contributed by atoms with Crippen molar-refractivity contribution >= 4 is 17.3 Å². The molecule has 1 aliphatic heterocycles. The number of allylic oxidation sites excluding steroid dienone is 2. The zero-order valence-electron chi connectivity index (χ0n) is 19.5. The van der Waals surface area contributed by atoms with Crippen molar-refractivity contribution in [1.29, 1.82) is 5.26 Å². The van der Waals surface area contributed by atoms with Crippen LogP contribution in [0.1, 0.15) is 55.1 Å². The second-order valence-electron chi connectivity index (χ2n) is 8.77. The smallest absolute Gasteiger partial charge is 0.253 e. The zero-order valence-corrected chi connectivity index (χ0v) is 19.5. The Balaban J connectivity index is 1.86. The molecule has 2 heterocycles. The molecule has 172 valence electrons. The third-order valence-corrected chi connectivity index (χ3v) is 5.64. The average molecular weight is 447 g/mol. The monoisotopic (exact) mass is 446 g/mol. The number of aliphatic hydroxyl groups is 1. The second-order valence-corrected chi connectivity index (χ2v) is 8.77. The van der Waals surface area contributed by atoms with Crippen LogP contribution in [0.25, 0.3) is 5.57 Å². The fraction of sp³-hybridized carbons (Fsp3) is 0.346. The Morgan fingerprint density at radius 2 is 2.03 bits per heavy atom. The molecular formula is C26H30N4O3. The number of aromatic nitrogens is 1. The van der Waals surface area contributed by atoms with E-state index in [1.54, 1.807) is 36.3 Å². The number of methoxy groups -OCH3 is 1. The number of hydrogen-bond donors (Lipinski definition) is 2. The van der Waals surface area contributed by atoms with E-state index in [1.165, 1.54) is 6.20 Å². The van der Waals surface area contributed by atoms with Crippen LogP contribution in [-0.2, 0) is 4.74 Å². The van der Waals surface area contributed by atoms with Gasteiger partial charge < -0.3 is 15.2 Å². The number of carbonyl (C=O) groups excluding carboxylic acids is 1. The lowest BCUT2D eigenvalue weighted by molar-refractivity contribution is 0.0888. The van der Waals surface area contributed by atoms with Gasteiger partial charge in [-0.05, 0) is 63.4 Å². The van der Waals surface area contributed by atoms with E-state index in [-0.39, 0.29) is 17.8 Å². The molecular weight excluding hydrogens is 416 g/mol. The first-order valence-electron chi connectivity index (χ1n) is 10.9. The fourth-order valence-corrected chi connectivity index (χ4v) is 3.65. The summed E-state index contributed by atoms with van der Waals surface area (Å²) < 4.78 is 5.11. The summed E-state index contributed by atoms with van der Waals surface area (Å²) in [7, 11) is 1.64. The summed E-state index contributed by atoms with van der Waals surface area (Å²) in [6.07, 6.45) is 6.82. The van der Waals surface area contributed by atoms with Crippen LogP contribution in [0.5, 0.6) is 0 Å². The molecule has 0 radical (unpaired) electrons. The van der Waals surface area contributed by atoms with Gasteiger partial charge in [0.15, 0.2) is 0 Å². The number of nitrogens with zero attached hydrogens (tertiary/aromatic N) is 3. The first kappa shape index (κ1) is 24.0. The molecule has 1 aromatic carbocycles. The number of pyridine rings is 1. The van der Waals surface area contributed by atoms with Crippen molar-refractivity contribution in [2.75, 3.05) is 18.6 Å². The molecule has 2 aromatic rings. The van der Waals surface area contributed by atoms with E-state index in [2.05, 4.69) is 16.4 Å². The third-order valence-electron chi connectivity index (χ3n) is 5.64. The summed E-state index contributed by atoms with van der Waals surface area (Å²) in [6, 6.07) is 12.6. The summed E-state index contributed by atoms with van der Waals surface area (Å²) in [5.74, 6) is 0.412. The summed E-state index contributed by atoms with van der Waals surface area (Å²) in [5, 5.41) is 23.2. The van der Waals surface area contributed by atoms with Gasteiger partial charge in [0.25, 0.3) is 5.91 Å². The minimum Gasteiger partial charge on any atom is -0.494 e. The fourth-order valence-electron chi connectivity index (χ4n) is 3.65. The molecule has 7 nitrogen and oxygen atoms in total. The van der Waals surface area contributed by atoms with Crippen LogP contribution >= 0.6 is 0 Å². The lowest BCUT2D eigenvalue weighted by Crippen LogP contribution is -2.44. The van der Waals surface area contributed by atoms with Crippen molar-refractivity contribution in [2.45, 2.75) is 45.2 Å². The number of aliphatic hydroxyl groups excluding tert-OH is 1. The Hall–Kier alpha value is -3.63. The molecule has 0 aliphatic carbocycles. The number of carbonyl (C=O) groups is 1. The van der Waals surface area contributed by atoms with Gasteiger partial charge in [-0.25, -0.2) is 4.98 Å². The van der Waals surface area contributed by atoms with E-state index >= 15 is 0 Å². The number of rotatable bonds is 7. The predicted octanol–water partition coefficient (Wildman–Crippen LogP) is 4.58. The van der Waals surface area contributed by atoms with Crippen LogP contribution in [0, 0.1) is 11.3 Å². The lowest BCUT2D eigenvalue weighted by atomic mass is 10.0. The maximum absolute atomic E-state index is 12.7. The summed E-state index contributed by atoms with van der Waals surface area (Å²) in [4.78, 5) is 18.9. The molecule has 1 amide bonds. The van der Waals surface area contributed by atoms with Crippen LogP contribution in [-0.4, -0.2) is 41.3 Å². The number of benzene rings is 1. The minimum atomic E-state index is -0.409. The van der Waals surface area contributed by atoms with Crippen LogP contribution in [0.3, 0.4) is 0 Å². The summed E-state index contributed by atoms with van der Waals surface area (Å²) in [5.41, 5.74) is 2.04. The lowest BCUT2D eigenvalue weighted by Gasteiger charge is -2.29. The Labute approximate surface area is 195 Å². The SMILES string of the molecule is COCCC(C)(C)NC(=O)c1ccc(N2C(O)=C(c3ccc(C#N)cc3)C=CCC2C)nc1. The van der Waals surface area contributed by atoms with Gasteiger partial charge in [-0.3, -0.25) is 9.69 Å². The second kappa shape index (κ2) is 10.3. The summed E-state index contributed by atoms with van der Waals surface area (Å²) >= 11 is 0. The molecule has 0 saturated carbocycles. The minimum absolute atomic E-state index is 0.0442. The molecule has 0 bridgehead atoms. The number of nitrogens with one attached hydrogen (secondary N) is 1. The molecule has 2 N–H and O–H groups in total. The number of hydrogen-bond acceptors (Lipinski definition) is 6. The van der Waals surface area contributed by atoms with Crippen molar-refractivity contribution < 1.29 is 14.6 Å². The zero-order chi connectivity index (χ0) is 24.0. The highest BCUT2D eigenvalue weighted by atomic mass is 16.5. The topological polar surface area (TPSA) is 98.5 Å². The molecule has 33 heavy (non-hydrogen) atoms. The standard InChI is InChI=1S/C26H30N4O3/c1-18-6-5-7-22(20-10-8-19(16-27)9-11-20)25(32)30(18)23-13-12-21(17-28-23)24(31)29-26(2,3)14-15-33-4/h5,7-13,17-18,32H,6,14-15H2,1-4H3,(H,29,31). The van der Waals surface area contributed by atoms with E-state index in [9.17, 15) is 9.90 Å². The number of amides is 1. The highest BCUT2D eigenvalue weighted by Crippen LogP contribution is 2.30. The van der Waals surface area contributed by atoms with Gasteiger partial charge in [0.05, 0.1) is 17.2 Å². The van der Waals surface area contributed by atoms with E-state index < -0.39 is 5.54 Å². The van der Waals surface area contributed by atoms with E-state index in [1.807, 2.05) is 45.1 Å². The van der Waals surface area contributed by atoms with Gasteiger partial charge in [-0.2, -0.15) is 5.26 Å². The Bertz CT molecular complexity index is 1080. The molecule has 1 unspecified atom stereocenters. The van der Waals surface area contributed by atoms with Crippen LogP contribution in [0.2, 0.25) is 0 Å². The van der Waals surface area contributed by atoms with Gasteiger partial charge >= 0.3 is 0 Å². The van der Waals surface area contributed by atoms with Gasteiger partial charge in [0, 0.05) is 37.1 Å². The van der Waals surface area contributed by atoms with Gasteiger partial charge in [-0.15, -0.1) is 0 Å². The van der Waals surface area contributed by atoms with E-state index in [4.69, 9.17) is 10.00 Å². The van der Waals surface area contributed by atoms with Crippen molar-refractivity contribution in [3.05, 3.63) is 77.3 Å². The maximum Gasteiger partial charge on any atom is 0.253 e. The van der Waals surface area contributed by atoms with E-state index in [0.29, 0.717) is 42.0 Å². The van der Waals surface area contributed by atoms with Gasteiger partial charge in [0.1, 0.15) is 5.82 Å². The van der Waals surface area contributed by atoms with Crippen molar-refractivity contribution in [2.24, 2.45) is 0 Å². The number of anilines is 1. The van der Waals surface area contributed by atoms with E-state index in [0.717, 1.165) is 5.56 Å². The Morgan fingerprint density at radius 3 is 2.64 bits per heavy atom. The van der Waals surface area contributed by atoms with Crippen molar-refractivity contribution in [3.8, 4) is 6.07 Å². The van der Waals surface area contributed by atoms with Crippen LogP contribution < -0.4 is 10.2 Å². The van der Waals surface area contributed by atoms with Crippen molar-refractivity contribution in [1.82, 2.24) is 10.3 Å². The van der Waals surface area contributed by atoms with Gasteiger partial charge in [-0.1, -0.05) is 24.3 Å². The first-order valence-corrected chi connectivity index (χ1v) is 10.9. The number of ether oxygens (including phenoxy) is 1. The molecule has 0 spiro atoms. The van der Waals surface area contributed by atoms with Gasteiger partial charge in [0.2, 0.25) is 5.88 Å². The largest absolute Gasteiger partial charge is 0.494 e. The highest BCUT2D eigenvalue weighted by Gasteiger charge is 2.25. The highest BCUT2D eigenvalue weighted by molar-refractivity contribution is 5.94. The molecule has 1 atom stereocenters. The molecule has 1 aliphatic rings. The Kier molecular flexibility index (Phi) is 7.52. The van der Waals surface area contributed by atoms with Crippen molar-refractivity contribution in [3.63, 3.8) is 0 Å². The van der Waals surface area contributed by atoms with Crippen LogP contribution in [0.15, 0.2) is 60.6 Å². The number of nitriles is 1. The molecule has 7 heteroatoms. The predicted molar refractivity (Wildman–Crippen MR) is 129 cm³/mol. The third kappa shape index (κ3) is 5.79. The molecule has 3 rings (SSSR count). The molecule has 1 aromatic heterocycles. The first-order chi connectivity index (χ1) is 15.8. The maximum atomic E-state index is 12.7. The Morgan fingerprint density at radius 1 is 1.30 bits per heavy atom. The average Bonchev–Trinajstić information content (AvgIpc) is 2.95. The summed E-state index contributed by atoms with van der Waals surface area (Å²) in [6.45, 7) is 6.46. The molecule has 0 saturated heterocycles. The van der Waals surface area contributed by atoms with Crippen LogP contribution in [0.4, 0.5) is 5.82 Å². The molecule has 0 fully saturated rings. The normalized spacial score (nSPS) is 16.3. The quantitative estimate of drug-likeness (QED) is 0.646.